The average Bonchev–Trinajstić information content (AvgIpc) is 3.79. The maximum absolute atomic E-state index is 13.8. The number of rotatable bonds is 12. The van der Waals surface area contributed by atoms with Gasteiger partial charge in [0.2, 0.25) is 11.8 Å². The zero-order chi connectivity index (χ0) is 43.6. The summed E-state index contributed by atoms with van der Waals surface area (Å²) < 4.78 is 13.3. The molecule has 3 amide bonds. The van der Waals surface area contributed by atoms with Crippen LogP contribution in [-0.2, 0) is 40.9 Å². The van der Waals surface area contributed by atoms with Crippen molar-refractivity contribution in [3.8, 4) is 28.4 Å². The number of carbonyl (C=O) groups excluding carboxylic acids is 3. The molecule has 0 radical (unpaired) electrons. The molecule has 1 saturated carbocycles. The summed E-state index contributed by atoms with van der Waals surface area (Å²) in [4.78, 5) is 68.4. The molecular weight excluding hydrogens is 823 g/mol. The number of nitrogens with zero attached hydrogens (tertiary/aromatic N) is 6. The van der Waals surface area contributed by atoms with Crippen LogP contribution in [0.4, 0.5) is 10.5 Å². The van der Waals surface area contributed by atoms with Crippen LogP contribution in [0.25, 0.3) is 22.5 Å². The van der Waals surface area contributed by atoms with E-state index in [-0.39, 0.29) is 52.7 Å². The minimum Gasteiger partial charge on any atom is -0.481 e. The predicted octanol–water partition coefficient (Wildman–Crippen LogP) is 7.38. The van der Waals surface area contributed by atoms with Crippen LogP contribution in [0.5, 0.6) is 5.88 Å². The highest BCUT2D eigenvalue weighted by Crippen LogP contribution is 2.40. The highest BCUT2D eigenvalue weighted by Gasteiger charge is 2.32. The molecule has 7 rings (SSSR count). The molecule has 2 aliphatic heterocycles. The minimum absolute atomic E-state index is 0.0497. The van der Waals surface area contributed by atoms with Crippen LogP contribution in [0.2, 0.25) is 10.0 Å². The molecule has 2 fully saturated rings. The minimum atomic E-state index is -0.722. The average molecular weight is 876 g/mol. The lowest BCUT2D eigenvalue weighted by Crippen LogP contribution is -2.43. The molecule has 0 bridgehead atoms. The van der Waals surface area contributed by atoms with Crippen molar-refractivity contribution in [2.75, 3.05) is 32.1 Å². The number of pyridine rings is 2. The molecule has 0 unspecified atom stereocenters. The van der Waals surface area contributed by atoms with Crippen LogP contribution in [0, 0.1) is 11.8 Å². The largest absolute Gasteiger partial charge is 0.481 e. The first-order valence-corrected chi connectivity index (χ1v) is 21.4. The highest BCUT2D eigenvalue weighted by molar-refractivity contribution is 6.39. The number of fused-ring (bicyclic) bond motifs is 1. The van der Waals surface area contributed by atoms with E-state index in [1.165, 1.54) is 7.11 Å². The Morgan fingerprint density at radius 2 is 1.77 bits per heavy atom. The first kappa shape index (κ1) is 43.8. The molecule has 1 aromatic carbocycles. The Morgan fingerprint density at radius 1 is 1.00 bits per heavy atom. The predicted molar refractivity (Wildman–Crippen MR) is 231 cm³/mol. The van der Waals surface area contributed by atoms with Crippen LogP contribution in [0.15, 0.2) is 42.6 Å². The second kappa shape index (κ2) is 18.4. The van der Waals surface area contributed by atoms with Gasteiger partial charge in [-0.25, -0.2) is 14.8 Å². The maximum Gasteiger partial charge on any atom is 0.410 e. The van der Waals surface area contributed by atoms with Gasteiger partial charge in [-0.3, -0.25) is 24.3 Å². The molecule has 3 N–H and O–H groups in total. The fourth-order valence-corrected chi connectivity index (χ4v) is 8.98. The van der Waals surface area contributed by atoms with E-state index >= 15 is 0 Å². The molecule has 15 nitrogen and oxygen atoms in total. The molecule has 1 aliphatic carbocycles. The topological polar surface area (TPSA) is 181 Å². The number of hydrogen-bond donors (Lipinski definition) is 3. The molecule has 1 atom stereocenters. The van der Waals surface area contributed by atoms with Crippen molar-refractivity contribution in [3.05, 3.63) is 75.4 Å². The SMILES string of the molecule is COc1nc(-c2ccnc(-c3cccc(NC(=O)c4nc5c(n4C)CN(C[C@H]4CC[C@H](C(=O)O)CC4)CC5)c3Cl)c2Cl)ccc1CN(C[C@@H]1CCC(=O)N1)C(=O)OC(C)(C)C. The van der Waals surface area contributed by atoms with Crippen molar-refractivity contribution in [2.24, 2.45) is 18.9 Å². The maximum atomic E-state index is 13.8. The second-order valence-electron chi connectivity index (χ2n) is 17.1. The summed E-state index contributed by atoms with van der Waals surface area (Å²) >= 11 is 14.1. The molecule has 5 heterocycles. The first-order chi connectivity index (χ1) is 29.1. The third-order valence-electron chi connectivity index (χ3n) is 11.6. The van der Waals surface area contributed by atoms with E-state index in [2.05, 4.69) is 20.5 Å². The van der Waals surface area contributed by atoms with Gasteiger partial charge in [0.15, 0.2) is 5.82 Å². The van der Waals surface area contributed by atoms with E-state index in [4.69, 9.17) is 42.6 Å². The number of carbonyl (C=O) groups is 4. The van der Waals surface area contributed by atoms with Crippen LogP contribution in [0.1, 0.15) is 86.9 Å². The molecule has 1 saturated heterocycles. The molecule has 4 aromatic rings. The van der Waals surface area contributed by atoms with Gasteiger partial charge >= 0.3 is 12.1 Å². The summed E-state index contributed by atoms with van der Waals surface area (Å²) in [5.74, 6) is -0.375. The number of halogens is 2. The van der Waals surface area contributed by atoms with Gasteiger partial charge in [-0.2, -0.15) is 0 Å². The van der Waals surface area contributed by atoms with E-state index < -0.39 is 23.6 Å². The fourth-order valence-electron chi connectivity index (χ4n) is 8.41. The van der Waals surface area contributed by atoms with Crippen LogP contribution in [0.3, 0.4) is 0 Å². The molecule has 3 aromatic heterocycles. The second-order valence-corrected chi connectivity index (χ2v) is 17.9. The van der Waals surface area contributed by atoms with Gasteiger partial charge in [0, 0.05) is 75.0 Å². The lowest BCUT2D eigenvalue weighted by atomic mass is 9.81. The Bertz CT molecular complexity index is 2320. The summed E-state index contributed by atoms with van der Waals surface area (Å²) in [7, 11) is 3.34. The molecule has 17 heteroatoms. The summed E-state index contributed by atoms with van der Waals surface area (Å²) in [5.41, 5.74) is 4.07. The number of benzene rings is 1. The monoisotopic (exact) mass is 874 g/mol. The molecule has 3 aliphatic rings. The Labute approximate surface area is 365 Å². The smallest absolute Gasteiger partial charge is 0.410 e. The number of aromatic nitrogens is 4. The Morgan fingerprint density at radius 3 is 2.46 bits per heavy atom. The Balaban J connectivity index is 1.06. The van der Waals surface area contributed by atoms with Crippen molar-refractivity contribution < 1.29 is 33.8 Å². The number of aliphatic carboxylic acids is 1. The summed E-state index contributed by atoms with van der Waals surface area (Å²) in [6.07, 6.45) is 6.07. The van der Waals surface area contributed by atoms with Crippen LogP contribution in [-0.4, -0.2) is 96.7 Å². The number of amides is 3. The number of ether oxygens (including phenoxy) is 2. The number of nitrogens with one attached hydrogen (secondary N) is 2. The number of anilines is 1. The number of hydrogen-bond acceptors (Lipinski definition) is 10. The number of carboxylic acids is 1. The van der Waals surface area contributed by atoms with Crippen molar-refractivity contribution in [3.63, 3.8) is 0 Å². The van der Waals surface area contributed by atoms with Gasteiger partial charge in [0.25, 0.3) is 5.91 Å². The van der Waals surface area contributed by atoms with E-state index in [0.29, 0.717) is 65.5 Å². The number of methoxy groups -OCH3 is 1. The van der Waals surface area contributed by atoms with Gasteiger partial charge in [-0.05, 0) is 83.1 Å². The number of imidazole rings is 1. The van der Waals surface area contributed by atoms with E-state index in [0.717, 1.165) is 50.2 Å². The summed E-state index contributed by atoms with van der Waals surface area (Å²) in [6.45, 7) is 8.16. The van der Waals surface area contributed by atoms with E-state index in [9.17, 15) is 24.3 Å². The standard InChI is InChI=1S/C44H52Cl2N8O7/c1-44(2,3)61-43(59)54(23-28-14-16-35(55)48-28)22-27-13-15-31(51-41(27)60-5)29-17-19-47-38(37(29)46)30-7-6-8-33(36(30)45)50-40(56)39-49-32-18-20-53(24-34(32)52(39)4)21-25-9-11-26(12-10-25)42(57)58/h6-8,13,15,17,19,25-26,28H,9-12,14,16,18,20-24H2,1-5H3,(H,48,55)(H,50,56)(H,57,58)/t25-,26-,28-/m0/s1. The zero-order valence-electron chi connectivity index (χ0n) is 35.1. The van der Waals surface area contributed by atoms with E-state index in [1.807, 2.05) is 17.7 Å². The van der Waals surface area contributed by atoms with Crippen molar-refractivity contribution in [2.45, 2.75) is 90.4 Å². The van der Waals surface area contributed by atoms with Gasteiger partial charge in [-0.1, -0.05) is 35.3 Å². The van der Waals surface area contributed by atoms with Gasteiger partial charge in [-0.15, -0.1) is 0 Å². The fraction of sp³-hybridized carbons (Fsp3) is 0.477. The van der Waals surface area contributed by atoms with E-state index in [1.54, 1.807) is 62.2 Å². The molecule has 0 spiro atoms. The normalized spacial score (nSPS) is 19.2. The molecule has 324 valence electrons. The molecule has 61 heavy (non-hydrogen) atoms. The Hall–Kier alpha value is -5.25. The first-order valence-electron chi connectivity index (χ1n) is 20.6. The highest BCUT2D eigenvalue weighted by atomic mass is 35.5. The third-order valence-corrected chi connectivity index (χ3v) is 12.4. The Kier molecular flexibility index (Phi) is 13.2. The zero-order valence-corrected chi connectivity index (χ0v) is 36.6. The molecular formula is C44H52Cl2N8O7. The number of carboxylic acid groups (broad SMARTS) is 1. The van der Waals surface area contributed by atoms with Crippen LogP contribution < -0.4 is 15.4 Å². The van der Waals surface area contributed by atoms with Crippen molar-refractivity contribution >= 4 is 52.8 Å². The van der Waals surface area contributed by atoms with Gasteiger partial charge < -0.3 is 34.7 Å². The lowest BCUT2D eigenvalue weighted by Gasteiger charge is -2.33. The van der Waals surface area contributed by atoms with Crippen molar-refractivity contribution in [1.29, 1.82) is 0 Å². The van der Waals surface area contributed by atoms with Crippen LogP contribution >= 0.6 is 23.2 Å². The summed E-state index contributed by atoms with van der Waals surface area (Å²) in [6, 6.07) is 10.4. The quantitative estimate of drug-likeness (QED) is 0.129. The summed E-state index contributed by atoms with van der Waals surface area (Å²) in [5, 5.41) is 15.8. The van der Waals surface area contributed by atoms with Gasteiger partial charge in [0.05, 0.1) is 58.1 Å². The van der Waals surface area contributed by atoms with Crippen molar-refractivity contribution in [1.82, 2.24) is 34.6 Å². The lowest BCUT2D eigenvalue weighted by molar-refractivity contribution is -0.143. The van der Waals surface area contributed by atoms with Gasteiger partial charge in [0.1, 0.15) is 5.60 Å². The third kappa shape index (κ3) is 10.1.